The summed E-state index contributed by atoms with van der Waals surface area (Å²) in [5, 5.41) is 0. The highest BCUT2D eigenvalue weighted by atomic mass is 16.7. The lowest BCUT2D eigenvalue weighted by Crippen LogP contribution is -2.32. The molecule has 0 aromatic heterocycles. The van der Waals surface area contributed by atoms with Gasteiger partial charge in [0.05, 0.1) is 7.11 Å². The van der Waals surface area contributed by atoms with E-state index in [2.05, 4.69) is 0 Å². The number of esters is 2. The van der Waals surface area contributed by atoms with Gasteiger partial charge in [0.25, 0.3) is 0 Å². The maximum absolute atomic E-state index is 12.3. The minimum absolute atomic E-state index is 0.119. The number of ether oxygens (including phenoxy) is 4. The van der Waals surface area contributed by atoms with Crippen molar-refractivity contribution in [3.8, 4) is 11.5 Å². The van der Waals surface area contributed by atoms with Gasteiger partial charge in [-0.05, 0) is 38.5 Å². The highest BCUT2D eigenvalue weighted by Gasteiger charge is 2.34. The predicted molar refractivity (Wildman–Crippen MR) is 73.2 cm³/mol. The minimum atomic E-state index is -1.15. The molecule has 1 atom stereocenters. The number of benzene rings is 1. The topological polar surface area (TPSA) is 71.1 Å². The van der Waals surface area contributed by atoms with E-state index in [4.69, 9.17) is 18.9 Å². The molecule has 6 nitrogen and oxygen atoms in total. The quantitative estimate of drug-likeness (QED) is 0.627. The summed E-state index contributed by atoms with van der Waals surface area (Å²) in [6.07, 6.45) is 0. The van der Waals surface area contributed by atoms with Crippen molar-refractivity contribution in [2.24, 2.45) is 0 Å². The zero-order chi connectivity index (χ0) is 15.6. The van der Waals surface area contributed by atoms with Crippen LogP contribution in [0.1, 0.15) is 32.3 Å². The molecule has 0 fully saturated rings. The van der Waals surface area contributed by atoms with Crippen molar-refractivity contribution in [1.29, 1.82) is 0 Å². The van der Waals surface area contributed by atoms with Gasteiger partial charge in [-0.2, -0.15) is 0 Å². The van der Waals surface area contributed by atoms with Crippen LogP contribution in [0.4, 0.5) is 0 Å². The first-order valence-corrected chi connectivity index (χ1v) is 6.52. The lowest BCUT2D eigenvalue weighted by atomic mass is 9.98. The van der Waals surface area contributed by atoms with Gasteiger partial charge in [-0.15, -0.1) is 0 Å². The van der Waals surface area contributed by atoms with Crippen LogP contribution in [0.5, 0.6) is 11.5 Å². The SMILES string of the molecule is COC(=O)C(C(=O)OC(C)(C)C)c1ccc2c(c1)OCO2. The number of carbonyl (C=O) groups is 2. The fourth-order valence-corrected chi connectivity index (χ4v) is 1.94. The maximum atomic E-state index is 12.3. The van der Waals surface area contributed by atoms with E-state index in [0.717, 1.165) is 0 Å². The Morgan fingerprint density at radius 2 is 1.81 bits per heavy atom. The maximum Gasteiger partial charge on any atom is 0.325 e. The summed E-state index contributed by atoms with van der Waals surface area (Å²) in [6.45, 7) is 5.32. The Labute approximate surface area is 122 Å². The number of methoxy groups -OCH3 is 1. The molecule has 6 heteroatoms. The van der Waals surface area contributed by atoms with Crippen molar-refractivity contribution >= 4 is 11.9 Å². The normalized spacial score (nSPS) is 14.5. The van der Waals surface area contributed by atoms with Gasteiger partial charge in [0.15, 0.2) is 17.4 Å². The van der Waals surface area contributed by atoms with Crippen molar-refractivity contribution in [2.75, 3.05) is 13.9 Å². The average molecular weight is 294 g/mol. The van der Waals surface area contributed by atoms with Crippen LogP contribution in [0.3, 0.4) is 0 Å². The summed E-state index contributed by atoms with van der Waals surface area (Å²) in [5.41, 5.74) is -0.250. The summed E-state index contributed by atoms with van der Waals surface area (Å²) in [5.74, 6) is -1.42. The minimum Gasteiger partial charge on any atom is -0.468 e. The molecule has 2 rings (SSSR count). The van der Waals surface area contributed by atoms with Crippen molar-refractivity contribution in [3.05, 3.63) is 23.8 Å². The van der Waals surface area contributed by atoms with Crippen LogP contribution in [-0.4, -0.2) is 31.4 Å². The van der Waals surface area contributed by atoms with Crippen molar-refractivity contribution in [1.82, 2.24) is 0 Å². The zero-order valence-electron chi connectivity index (χ0n) is 12.5. The molecule has 0 radical (unpaired) electrons. The Kier molecular flexibility index (Phi) is 4.06. The lowest BCUT2D eigenvalue weighted by Gasteiger charge is -2.23. The molecule has 0 saturated carbocycles. The highest BCUT2D eigenvalue weighted by molar-refractivity contribution is 6.01. The fraction of sp³-hybridized carbons (Fsp3) is 0.467. The molecule has 0 N–H and O–H groups in total. The van der Waals surface area contributed by atoms with E-state index in [1.54, 1.807) is 39.0 Å². The molecule has 0 bridgehead atoms. The summed E-state index contributed by atoms with van der Waals surface area (Å²) < 4.78 is 20.5. The third-order valence-electron chi connectivity index (χ3n) is 2.81. The van der Waals surface area contributed by atoms with E-state index in [1.807, 2.05) is 0 Å². The van der Waals surface area contributed by atoms with E-state index < -0.39 is 23.5 Å². The van der Waals surface area contributed by atoms with E-state index in [0.29, 0.717) is 17.1 Å². The first-order chi connectivity index (χ1) is 9.81. The van der Waals surface area contributed by atoms with Gasteiger partial charge in [-0.25, -0.2) is 0 Å². The number of hydrogen-bond acceptors (Lipinski definition) is 6. The van der Waals surface area contributed by atoms with E-state index in [1.165, 1.54) is 7.11 Å². The summed E-state index contributed by atoms with van der Waals surface area (Å²) in [6, 6.07) is 4.87. The van der Waals surface area contributed by atoms with Gasteiger partial charge < -0.3 is 18.9 Å². The first-order valence-electron chi connectivity index (χ1n) is 6.52. The lowest BCUT2D eigenvalue weighted by molar-refractivity contribution is -0.163. The molecule has 1 heterocycles. The second-order valence-corrected chi connectivity index (χ2v) is 5.60. The monoisotopic (exact) mass is 294 g/mol. The number of fused-ring (bicyclic) bond motifs is 1. The van der Waals surface area contributed by atoms with Crippen molar-refractivity contribution in [3.63, 3.8) is 0 Å². The largest absolute Gasteiger partial charge is 0.468 e. The van der Waals surface area contributed by atoms with Crippen LogP contribution >= 0.6 is 0 Å². The van der Waals surface area contributed by atoms with Crippen molar-refractivity contribution in [2.45, 2.75) is 32.3 Å². The average Bonchev–Trinajstić information content (AvgIpc) is 2.84. The Morgan fingerprint density at radius 3 is 2.43 bits per heavy atom. The van der Waals surface area contributed by atoms with Gasteiger partial charge in [0.2, 0.25) is 6.79 Å². The Morgan fingerprint density at radius 1 is 1.14 bits per heavy atom. The smallest absolute Gasteiger partial charge is 0.325 e. The second-order valence-electron chi connectivity index (χ2n) is 5.60. The Hall–Kier alpha value is -2.24. The molecule has 1 aliphatic rings. The third kappa shape index (κ3) is 3.45. The Balaban J connectivity index is 2.32. The molecule has 21 heavy (non-hydrogen) atoms. The molecule has 1 aromatic carbocycles. The van der Waals surface area contributed by atoms with Crippen LogP contribution in [0.15, 0.2) is 18.2 Å². The summed E-state index contributed by atoms with van der Waals surface area (Å²) in [4.78, 5) is 24.2. The number of carbonyl (C=O) groups excluding carboxylic acids is 2. The molecule has 1 aliphatic heterocycles. The molecule has 0 spiro atoms. The van der Waals surface area contributed by atoms with Crippen LogP contribution in [0.25, 0.3) is 0 Å². The van der Waals surface area contributed by atoms with Crippen LogP contribution in [-0.2, 0) is 19.1 Å². The summed E-state index contributed by atoms with van der Waals surface area (Å²) in [7, 11) is 1.23. The predicted octanol–water partition coefficient (Wildman–Crippen LogP) is 2.01. The number of hydrogen-bond donors (Lipinski definition) is 0. The van der Waals surface area contributed by atoms with Crippen LogP contribution in [0, 0.1) is 0 Å². The number of rotatable bonds is 3. The fourth-order valence-electron chi connectivity index (χ4n) is 1.94. The van der Waals surface area contributed by atoms with E-state index in [-0.39, 0.29) is 6.79 Å². The molecule has 1 aromatic rings. The van der Waals surface area contributed by atoms with E-state index >= 15 is 0 Å². The molecule has 0 aliphatic carbocycles. The molecular formula is C15H18O6. The second kappa shape index (κ2) is 5.63. The molecule has 0 saturated heterocycles. The van der Waals surface area contributed by atoms with Gasteiger partial charge in [-0.3, -0.25) is 9.59 Å². The first kappa shape index (κ1) is 15.2. The van der Waals surface area contributed by atoms with E-state index in [9.17, 15) is 9.59 Å². The van der Waals surface area contributed by atoms with Gasteiger partial charge in [0, 0.05) is 0 Å². The van der Waals surface area contributed by atoms with Gasteiger partial charge in [-0.1, -0.05) is 6.07 Å². The molecule has 1 unspecified atom stereocenters. The standard InChI is InChI=1S/C15H18O6/c1-15(2,3)21-14(17)12(13(16)18-4)9-5-6-10-11(7-9)20-8-19-10/h5-7,12H,8H2,1-4H3. The molecule has 0 amide bonds. The van der Waals surface area contributed by atoms with Crippen LogP contribution < -0.4 is 9.47 Å². The zero-order valence-corrected chi connectivity index (χ0v) is 12.5. The molecule has 114 valence electrons. The third-order valence-corrected chi connectivity index (χ3v) is 2.81. The van der Waals surface area contributed by atoms with Crippen molar-refractivity contribution < 1.29 is 28.5 Å². The van der Waals surface area contributed by atoms with Crippen LogP contribution in [0.2, 0.25) is 0 Å². The summed E-state index contributed by atoms with van der Waals surface area (Å²) >= 11 is 0. The highest BCUT2D eigenvalue weighted by Crippen LogP contribution is 2.35. The van der Waals surface area contributed by atoms with Gasteiger partial charge in [0.1, 0.15) is 5.60 Å². The Bertz CT molecular complexity index is 558. The van der Waals surface area contributed by atoms with Gasteiger partial charge >= 0.3 is 11.9 Å². The molecular weight excluding hydrogens is 276 g/mol.